The van der Waals surface area contributed by atoms with Crippen molar-refractivity contribution < 1.29 is 9.53 Å². The molecule has 6 heteroatoms. The minimum Gasteiger partial charge on any atom is -0.486 e. The summed E-state index contributed by atoms with van der Waals surface area (Å²) in [4.78, 5) is 20.9. The number of rotatable bonds is 5. The zero-order valence-electron chi connectivity index (χ0n) is 15.4. The molecule has 3 aromatic rings. The van der Waals surface area contributed by atoms with Gasteiger partial charge in [0, 0.05) is 29.9 Å². The van der Waals surface area contributed by atoms with E-state index in [4.69, 9.17) is 16.3 Å². The van der Waals surface area contributed by atoms with Gasteiger partial charge in [0.1, 0.15) is 11.9 Å². The van der Waals surface area contributed by atoms with E-state index in [-0.39, 0.29) is 17.9 Å². The number of carbonyl (C=O) groups excluding carboxylic acids is 1. The lowest BCUT2D eigenvalue weighted by atomic mass is 10.0. The monoisotopic (exact) mass is 393 g/mol. The molecule has 0 fully saturated rings. The number of hydrogen-bond donors (Lipinski definition) is 1. The molecule has 5 nitrogen and oxygen atoms in total. The number of halogens is 1. The van der Waals surface area contributed by atoms with Crippen LogP contribution in [0.15, 0.2) is 61.1 Å². The highest BCUT2D eigenvalue weighted by Crippen LogP contribution is 2.39. The predicted molar refractivity (Wildman–Crippen MR) is 108 cm³/mol. The van der Waals surface area contributed by atoms with E-state index >= 15 is 0 Å². The van der Waals surface area contributed by atoms with Gasteiger partial charge in [-0.15, -0.1) is 0 Å². The Morgan fingerprint density at radius 2 is 2.11 bits per heavy atom. The maximum Gasteiger partial charge on any atom is 0.227 e. The third kappa shape index (κ3) is 3.85. The summed E-state index contributed by atoms with van der Waals surface area (Å²) in [5.74, 6) is 0.457. The van der Waals surface area contributed by atoms with Gasteiger partial charge >= 0.3 is 0 Å². The third-order valence-electron chi connectivity index (χ3n) is 4.91. The van der Waals surface area contributed by atoms with Crippen molar-refractivity contribution in [3.63, 3.8) is 0 Å². The first-order valence-electron chi connectivity index (χ1n) is 9.20. The highest BCUT2D eigenvalue weighted by atomic mass is 35.5. The van der Waals surface area contributed by atoms with E-state index in [1.807, 2.05) is 49.4 Å². The molecule has 0 aliphatic carbocycles. The smallest absolute Gasteiger partial charge is 0.227 e. The van der Waals surface area contributed by atoms with Crippen LogP contribution in [0.5, 0.6) is 5.75 Å². The molecular formula is C22H20ClN3O2. The van der Waals surface area contributed by atoms with Gasteiger partial charge in [0.05, 0.1) is 29.4 Å². The van der Waals surface area contributed by atoms with Gasteiger partial charge in [0.15, 0.2) is 0 Å². The Morgan fingerprint density at radius 1 is 1.29 bits per heavy atom. The van der Waals surface area contributed by atoms with Gasteiger partial charge in [-0.2, -0.15) is 0 Å². The molecule has 2 atom stereocenters. The van der Waals surface area contributed by atoms with Crippen molar-refractivity contribution >= 4 is 17.5 Å². The molecule has 0 saturated heterocycles. The van der Waals surface area contributed by atoms with Crippen LogP contribution in [0.4, 0.5) is 0 Å². The van der Waals surface area contributed by atoms with Crippen LogP contribution in [0.2, 0.25) is 5.02 Å². The van der Waals surface area contributed by atoms with Crippen LogP contribution in [-0.4, -0.2) is 28.5 Å². The molecule has 2 heterocycles. The summed E-state index contributed by atoms with van der Waals surface area (Å²) in [5.41, 5.74) is 3.68. The van der Waals surface area contributed by atoms with Crippen LogP contribution in [-0.2, 0) is 11.2 Å². The average molecular weight is 394 g/mol. The first-order chi connectivity index (χ1) is 13.6. The zero-order valence-corrected chi connectivity index (χ0v) is 16.2. The summed E-state index contributed by atoms with van der Waals surface area (Å²) in [5, 5.41) is 3.54. The second kappa shape index (κ2) is 7.98. The molecule has 28 heavy (non-hydrogen) atoms. The number of ether oxygens (including phenoxy) is 1. The van der Waals surface area contributed by atoms with E-state index in [1.54, 1.807) is 18.6 Å². The predicted octanol–water partition coefficient (Wildman–Crippen LogP) is 4.02. The number of fused-ring (bicyclic) bond motifs is 1. The SMILES string of the molecule is C[C@@H](C(=O)NC[C@H]1Cc2cc(-c3cnccn3)cc(Cl)c2O1)c1ccccc1. The number of carbonyl (C=O) groups is 1. The summed E-state index contributed by atoms with van der Waals surface area (Å²) >= 11 is 6.42. The van der Waals surface area contributed by atoms with Crippen molar-refractivity contribution in [2.24, 2.45) is 0 Å². The van der Waals surface area contributed by atoms with Crippen LogP contribution in [0.3, 0.4) is 0 Å². The van der Waals surface area contributed by atoms with Gasteiger partial charge in [0.2, 0.25) is 5.91 Å². The van der Waals surface area contributed by atoms with E-state index in [0.717, 1.165) is 22.4 Å². The number of hydrogen-bond acceptors (Lipinski definition) is 4. The van der Waals surface area contributed by atoms with Crippen LogP contribution in [0.1, 0.15) is 24.0 Å². The fourth-order valence-electron chi connectivity index (χ4n) is 3.36. The van der Waals surface area contributed by atoms with Crippen molar-refractivity contribution in [1.29, 1.82) is 0 Å². The summed E-state index contributed by atoms with van der Waals surface area (Å²) in [7, 11) is 0. The molecule has 0 unspecified atom stereocenters. The van der Waals surface area contributed by atoms with Gasteiger partial charge < -0.3 is 10.1 Å². The van der Waals surface area contributed by atoms with Crippen LogP contribution < -0.4 is 10.1 Å². The van der Waals surface area contributed by atoms with E-state index in [0.29, 0.717) is 23.7 Å². The average Bonchev–Trinajstić information content (AvgIpc) is 3.16. The van der Waals surface area contributed by atoms with Gasteiger partial charge in [0.25, 0.3) is 0 Å². The Kier molecular flexibility index (Phi) is 5.26. The number of amides is 1. The van der Waals surface area contributed by atoms with Crippen LogP contribution in [0, 0.1) is 0 Å². The highest BCUT2D eigenvalue weighted by molar-refractivity contribution is 6.32. The molecule has 1 N–H and O–H groups in total. The number of nitrogens with one attached hydrogen (secondary N) is 1. The Labute approximate surface area is 168 Å². The van der Waals surface area contributed by atoms with Crippen molar-refractivity contribution in [2.45, 2.75) is 25.4 Å². The lowest BCUT2D eigenvalue weighted by molar-refractivity contribution is -0.122. The summed E-state index contributed by atoms with van der Waals surface area (Å²) < 4.78 is 5.98. The number of nitrogens with zero attached hydrogens (tertiary/aromatic N) is 2. The Bertz CT molecular complexity index is 980. The third-order valence-corrected chi connectivity index (χ3v) is 5.19. The van der Waals surface area contributed by atoms with Crippen molar-refractivity contribution in [3.05, 3.63) is 77.2 Å². The number of benzene rings is 2. The molecule has 0 radical (unpaired) electrons. The normalized spacial score (nSPS) is 16.1. The second-order valence-corrected chi connectivity index (χ2v) is 7.27. The summed E-state index contributed by atoms with van der Waals surface area (Å²) in [6.07, 6.45) is 5.53. The Hall–Kier alpha value is -2.92. The molecule has 1 aromatic heterocycles. The fraction of sp³-hybridized carbons (Fsp3) is 0.227. The summed E-state index contributed by atoms with van der Waals surface area (Å²) in [6.45, 7) is 2.33. The van der Waals surface area contributed by atoms with Gasteiger partial charge in [-0.3, -0.25) is 14.8 Å². The standard InChI is InChI=1S/C22H20ClN3O2/c1-14(15-5-3-2-4-6-15)22(27)26-12-18-10-17-9-16(11-19(23)21(17)28-18)20-13-24-7-8-25-20/h2-9,11,13-14,18H,10,12H2,1H3,(H,26,27)/t14-,18-/m1/s1. The molecule has 0 bridgehead atoms. The largest absolute Gasteiger partial charge is 0.486 e. The maximum atomic E-state index is 12.5. The van der Waals surface area contributed by atoms with Crippen molar-refractivity contribution in [1.82, 2.24) is 15.3 Å². The molecule has 2 aromatic carbocycles. The minimum atomic E-state index is -0.211. The van der Waals surface area contributed by atoms with Crippen molar-refractivity contribution in [3.8, 4) is 17.0 Å². The Morgan fingerprint density at radius 3 is 2.86 bits per heavy atom. The number of aromatic nitrogens is 2. The topological polar surface area (TPSA) is 64.1 Å². The van der Waals surface area contributed by atoms with Crippen LogP contribution >= 0.6 is 11.6 Å². The highest BCUT2D eigenvalue weighted by Gasteiger charge is 2.27. The Balaban J connectivity index is 1.41. The van der Waals surface area contributed by atoms with E-state index in [9.17, 15) is 4.79 Å². The van der Waals surface area contributed by atoms with E-state index in [2.05, 4.69) is 15.3 Å². The molecular weight excluding hydrogens is 374 g/mol. The van der Waals surface area contributed by atoms with Crippen LogP contribution in [0.25, 0.3) is 11.3 Å². The quantitative estimate of drug-likeness (QED) is 0.711. The molecule has 0 spiro atoms. The van der Waals surface area contributed by atoms with E-state index in [1.165, 1.54) is 0 Å². The molecule has 1 amide bonds. The van der Waals surface area contributed by atoms with Gasteiger partial charge in [-0.1, -0.05) is 41.9 Å². The lowest BCUT2D eigenvalue weighted by Crippen LogP contribution is -2.36. The molecule has 1 aliphatic rings. The zero-order chi connectivity index (χ0) is 19.5. The molecule has 0 saturated carbocycles. The molecule has 1 aliphatic heterocycles. The summed E-state index contributed by atoms with van der Waals surface area (Å²) in [6, 6.07) is 13.6. The first kappa shape index (κ1) is 18.4. The second-order valence-electron chi connectivity index (χ2n) is 6.86. The molecule has 4 rings (SSSR count). The van der Waals surface area contributed by atoms with Gasteiger partial charge in [-0.25, -0.2) is 0 Å². The fourth-order valence-corrected chi connectivity index (χ4v) is 3.64. The van der Waals surface area contributed by atoms with Crippen molar-refractivity contribution in [2.75, 3.05) is 6.54 Å². The minimum absolute atomic E-state index is 0.0166. The molecule has 142 valence electrons. The maximum absolute atomic E-state index is 12.5. The van der Waals surface area contributed by atoms with E-state index < -0.39 is 0 Å². The first-order valence-corrected chi connectivity index (χ1v) is 9.57. The van der Waals surface area contributed by atoms with Gasteiger partial charge in [-0.05, 0) is 24.6 Å². The lowest BCUT2D eigenvalue weighted by Gasteiger charge is -2.16.